The van der Waals surface area contributed by atoms with Crippen LogP contribution in [0.5, 0.6) is 5.75 Å². The van der Waals surface area contributed by atoms with E-state index in [1.807, 2.05) is 38.1 Å². The van der Waals surface area contributed by atoms with Crippen LogP contribution in [0.25, 0.3) is 0 Å². The second-order valence-corrected chi connectivity index (χ2v) is 6.40. The topological polar surface area (TPSA) is 50.4 Å². The van der Waals surface area contributed by atoms with Gasteiger partial charge in [0.2, 0.25) is 0 Å². The van der Waals surface area contributed by atoms with Crippen molar-refractivity contribution in [2.45, 2.75) is 20.0 Å². The molecule has 120 valence electrons. The van der Waals surface area contributed by atoms with Crippen LogP contribution >= 0.6 is 28.1 Å². The minimum Gasteiger partial charge on any atom is -0.489 e. The van der Waals surface area contributed by atoms with Gasteiger partial charge in [-0.25, -0.2) is 0 Å². The van der Waals surface area contributed by atoms with Gasteiger partial charge in [0.15, 0.2) is 5.11 Å². The van der Waals surface area contributed by atoms with Gasteiger partial charge in [-0.2, -0.15) is 0 Å². The van der Waals surface area contributed by atoms with E-state index in [0.717, 1.165) is 4.47 Å². The maximum Gasteiger partial charge on any atom is 0.257 e. The molecule has 6 heteroatoms. The number of anilines is 1. The maximum absolute atomic E-state index is 12.1. The van der Waals surface area contributed by atoms with Gasteiger partial charge in [0.05, 0.1) is 11.8 Å². The van der Waals surface area contributed by atoms with E-state index in [1.54, 1.807) is 24.3 Å². The first kappa shape index (κ1) is 17.4. The summed E-state index contributed by atoms with van der Waals surface area (Å²) in [6, 6.07) is 14.5. The van der Waals surface area contributed by atoms with Crippen molar-refractivity contribution in [1.82, 2.24) is 5.32 Å². The van der Waals surface area contributed by atoms with E-state index in [2.05, 4.69) is 26.6 Å². The summed E-state index contributed by atoms with van der Waals surface area (Å²) in [5, 5.41) is 5.87. The van der Waals surface area contributed by atoms with E-state index in [-0.39, 0.29) is 17.1 Å². The molecule has 1 amide bonds. The van der Waals surface area contributed by atoms with E-state index in [9.17, 15) is 4.79 Å². The molecule has 0 radical (unpaired) electrons. The van der Waals surface area contributed by atoms with Gasteiger partial charge in [-0.05, 0) is 62.5 Å². The molecule has 0 aromatic heterocycles. The SMILES string of the molecule is CC(C)Oc1ccccc1NC(=S)NC(=O)c1ccc(Br)cc1. The lowest BCUT2D eigenvalue weighted by molar-refractivity contribution is 0.0977. The molecule has 0 aliphatic carbocycles. The molecule has 0 atom stereocenters. The average Bonchev–Trinajstić information content (AvgIpc) is 2.49. The number of carbonyl (C=O) groups excluding carboxylic acids is 1. The third kappa shape index (κ3) is 5.33. The highest BCUT2D eigenvalue weighted by atomic mass is 79.9. The molecule has 0 bridgehead atoms. The number of carbonyl (C=O) groups is 1. The van der Waals surface area contributed by atoms with Crippen molar-refractivity contribution in [1.29, 1.82) is 0 Å². The van der Waals surface area contributed by atoms with Gasteiger partial charge in [0, 0.05) is 10.0 Å². The molecule has 0 unspecified atom stereocenters. The summed E-state index contributed by atoms with van der Waals surface area (Å²) >= 11 is 8.54. The minimum absolute atomic E-state index is 0.0453. The molecular weight excluding hydrogens is 376 g/mol. The first-order chi connectivity index (χ1) is 11.0. The van der Waals surface area contributed by atoms with Gasteiger partial charge in [0.1, 0.15) is 5.75 Å². The molecule has 0 saturated heterocycles. The first-order valence-corrected chi connectivity index (χ1v) is 8.29. The van der Waals surface area contributed by atoms with Crippen molar-refractivity contribution >= 4 is 44.9 Å². The Morgan fingerprint density at radius 2 is 1.78 bits per heavy atom. The lowest BCUT2D eigenvalue weighted by atomic mass is 10.2. The number of hydrogen-bond acceptors (Lipinski definition) is 3. The first-order valence-electron chi connectivity index (χ1n) is 7.09. The molecule has 2 rings (SSSR count). The van der Waals surface area contributed by atoms with Crippen LogP contribution in [0.4, 0.5) is 5.69 Å². The van der Waals surface area contributed by atoms with Crippen LogP contribution in [0.2, 0.25) is 0 Å². The average molecular weight is 393 g/mol. The lowest BCUT2D eigenvalue weighted by Gasteiger charge is -2.16. The summed E-state index contributed by atoms with van der Waals surface area (Å²) in [5.74, 6) is 0.417. The summed E-state index contributed by atoms with van der Waals surface area (Å²) in [4.78, 5) is 12.1. The zero-order chi connectivity index (χ0) is 16.8. The molecule has 2 N–H and O–H groups in total. The second-order valence-electron chi connectivity index (χ2n) is 5.08. The van der Waals surface area contributed by atoms with Crippen molar-refractivity contribution in [3.8, 4) is 5.75 Å². The fourth-order valence-electron chi connectivity index (χ4n) is 1.86. The molecule has 0 aliphatic rings. The number of halogens is 1. The van der Waals surface area contributed by atoms with Crippen LogP contribution in [-0.2, 0) is 0 Å². The van der Waals surface area contributed by atoms with Crippen LogP contribution < -0.4 is 15.4 Å². The Hall–Kier alpha value is -1.92. The second kappa shape index (κ2) is 8.08. The Kier molecular flexibility index (Phi) is 6.12. The van der Waals surface area contributed by atoms with Crippen molar-refractivity contribution in [3.05, 3.63) is 58.6 Å². The number of thiocarbonyl (C=S) groups is 1. The van der Waals surface area contributed by atoms with Crippen LogP contribution in [-0.4, -0.2) is 17.1 Å². The van der Waals surface area contributed by atoms with E-state index >= 15 is 0 Å². The van der Waals surface area contributed by atoms with E-state index in [1.165, 1.54) is 0 Å². The molecule has 0 saturated carbocycles. The molecule has 0 aliphatic heterocycles. The molecular formula is C17H17BrN2O2S. The van der Waals surface area contributed by atoms with Crippen molar-refractivity contribution < 1.29 is 9.53 Å². The van der Waals surface area contributed by atoms with Gasteiger partial charge in [-0.3, -0.25) is 10.1 Å². The number of nitrogens with one attached hydrogen (secondary N) is 2. The van der Waals surface area contributed by atoms with Gasteiger partial charge >= 0.3 is 0 Å². The van der Waals surface area contributed by atoms with E-state index in [4.69, 9.17) is 17.0 Å². The fourth-order valence-corrected chi connectivity index (χ4v) is 2.32. The standard InChI is InChI=1S/C17H17BrN2O2S/c1-11(2)22-15-6-4-3-5-14(15)19-17(23)20-16(21)12-7-9-13(18)10-8-12/h3-11H,1-2H3,(H2,19,20,21,23). The zero-order valence-corrected chi connectivity index (χ0v) is 15.2. The quantitative estimate of drug-likeness (QED) is 0.758. The van der Waals surface area contributed by atoms with Crippen molar-refractivity contribution in [2.24, 2.45) is 0 Å². The molecule has 4 nitrogen and oxygen atoms in total. The van der Waals surface area contributed by atoms with Crippen LogP contribution in [0, 0.1) is 0 Å². The fraction of sp³-hybridized carbons (Fsp3) is 0.176. The normalized spacial score (nSPS) is 10.3. The molecule has 2 aromatic rings. The smallest absolute Gasteiger partial charge is 0.257 e. The van der Waals surface area contributed by atoms with E-state index in [0.29, 0.717) is 17.0 Å². The molecule has 2 aromatic carbocycles. The number of benzene rings is 2. The minimum atomic E-state index is -0.266. The van der Waals surface area contributed by atoms with Gasteiger partial charge in [0.25, 0.3) is 5.91 Å². The Bertz CT molecular complexity index is 702. The van der Waals surface area contributed by atoms with Crippen LogP contribution in [0.15, 0.2) is 53.0 Å². The van der Waals surface area contributed by atoms with Gasteiger partial charge in [-0.1, -0.05) is 28.1 Å². The van der Waals surface area contributed by atoms with Crippen LogP contribution in [0.3, 0.4) is 0 Å². The lowest BCUT2D eigenvalue weighted by Crippen LogP contribution is -2.34. The predicted molar refractivity (Wildman–Crippen MR) is 100 cm³/mol. The summed E-state index contributed by atoms with van der Waals surface area (Å²) < 4.78 is 6.62. The zero-order valence-electron chi connectivity index (χ0n) is 12.8. The summed E-state index contributed by atoms with van der Waals surface area (Å²) in [5.41, 5.74) is 1.24. The highest BCUT2D eigenvalue weighted by Gasteiger charge is 2.10. The van der Waals surface area contributed by atoms with Gasteiger partial charge < -0.3 is 10.1 Å². The van der Waals surface area contributed by atoms with Crippen LogP contribution in [0.1, 0.15) is 24.2 Å². The summed E-state index contributed by atoms with van der Waals surface area (Å²) in [7, 11) is 0. The Morgan fingerprint density at radius 3 is 2.43 bits per heavy atom. The monoisotopic (exact) mass is 392 g/mol. The van der Waals surface area contributed by atoms with Crippen molar-refractivity contribution in [3.63, 3.8) is 0 Å². The Labute approximate surface area is 149 Å². The highest BCUT2D eigenvalue weighted by molar-refractivity contribution is 9.10. The van der Waals surface area contributed by atoms with Crippen molar-refractivity contribution in [2.75, 3.05) is 5.32 Å². The summed E-state index contributed by atoms with van der Waals surface area (Å²) in [6.45, 7) is 3.90. The highest BCUT2D eigenvalue weighted by Crippen LogP contribution is 2.24. The Morgan fingerprint density at radius 1 is 1.13 bits per heavy atom. The molecule has 0 fully saturated rings. The number of hydrogen-bond donors (Lipinski definition) is 2. The van der Waals surface area contributed by atoms with Gasteiger partial charge in [-0.15, -0.1) is 0 Å². The third-order valence-corrected chi connectivity index (χ3v) is 3.56. The molecule has 0 spiro atoms. The number of amides is 1. The third-order valence-electron chi connectivity index (χ3n) is 2.83. The van der Waals surface area contributed by atoms with E-state index < -0.39 is 0 Å². The summed E-state index contributed by atoms with van der Waals surface area (Å²) in [6.07, 6.45) is 0.0453. The largest absolute Gasteiger partial charge is 0.489 e. The predicted octanol–water partition coefficient (Wildman–Crippen LogP) is 4.36. The molecule has 0 heterocycles. The Balaban J connectivity index is 2.02. The number of rotatable bonds is 4. The maximum atomic E-state index is 12.1. The molecule has 23 heavy (non-hydrogen) atoms. The number of para-hydroxylation sites is 2. The number of ether oxygens (including phenoxy) is 1.